The highest BCUT2D eigenvalue weighted by Gasteiger charge is 2.35. The van der Waals surface area contributed by atoms with Crippen LogP contribution in [0.1, 0.15) is 50.8 Å². The van der Waals surface area contributed by atoms with Crippen molar-refractivity contribution in [2.24, 2.45) is 0 Å². The summed E-state index contributed by atoms with van der Waals surface area (Å²) in [5.74, 6) is 0.0291. The van der Waals surface area contributed by atoms with Crippen molar-refractivity contribution in [1.82, 2.24) is 10.2 Å². The lowest BCUT2D eigenvalue weighted by atomic mass is 10.1. The van der Waals surface area contributed by atoms with Crippen LogP contribution in [0.15, 0.2) is 71.6 Å². The Morgan fingerprint density at radius 2 is 1.56 bits per heavy atom. The van der Waals surface area contributed by atoms with Crippen molar-refractivity contribution in [2.45, 2.75) is 71.0 Å². The predicted octanol–water partition coefficient (Wildman–Crippen LogP) is 5.24. The van der Waals surface area contributed by atoms with Gasteiger partial charge in [-0.15, -0.1) is 0 Å². The smallest absolute Gasteiger partial charge is 0.264 e. The number of sulfonamides is 1. The van der Waals surface area contributed by atoms with E-state index in [2.05, 4.69) is 5.32 Å². The van der Waals surface area contributed by atoms with Crippen LogP contribution in [0, 0.1) is 13.8 Å². The third-order valence-electron chi connectivity index (χ3n) is 6.86. The summed E-state index contributed by atoms with van der Waals surface area (Å²) in [6.07, 6.45) is 0.316. The number of nitrogens with zero attached hydrogens (tertiary/aromatic N) is 2. The van der Waals surface area contributed by atoms with E-state index in [-0.39, 0.29) is 23.0 Å². The van der Waals surface area contributed by atoms with Crippen molar-refractivity contribution < 1.29 is 27.5 Å². The zero-order valence-electron chi connectivity index (χ0n) is 26.3. The highest BCUT2D eigenvalue weighted by atomic mass is 32.2. The van der Waals surface area contributed by atoms with Gasteiger partial charge in [-0.3, -0.25) is 13.9 Å². The van der Waals surface area contributed by atoms with Crippen molar-refractivity contribution in [3.05, 3.63) is 83.4 Å². The van der Waals surface area contributed by atoms with Crippen molar-refractivity contribution in [1.29, 1.82) is 0 Å². The van der Waals surface area contributed by atoms with Crippen LogP contribution in [0.4, 0.5) is 5.69 Å². The third kappa shape index (κ3) is 8.50. The molecule has 0 aromatic heterocycles. The largest absolute Gasteiger partial charge is 0.497 e. The quantitative estimate of drug-likeness (QED) is 0.301. The van der Waals surface area contributed by atoms with Gasteiger partial charge < -0.3 is 19.7 Å². The lowest BCUT2D eigenvalue weighted by molar-refractivity contribution is -0.141. The topological polar surface area (TPSA) is 105 Å². The minimum Gasteiger partial charge on any atom is -0.497 e. The summed E-state index contributed by atoms with van der Waals surface area (Å²) in [6.45, 7) is 10.6. The summed E-state index contributed by atoms with van der Waals surface area (Å²) >= 11 is 0. The van der Waals surface area contributed by atoms with Gasteiger partial charge in [-0.05, 0) is 88.6 Å². The lowest BCUT2D eigenvalue weighted by Crippen LogP contribution is -2.55. The van der Waals surface area contributed by atoms with Crippen LogP contribution in [0.25, 0.3) is 0 Å². The number of hydrogen-bond acceptors (Lipinski definition) is 6. The molecule has 0 saturated heterocycles. The predicted molar refractivity (Wildman–Crippen MR) is 169 cm³/mol. The maximum Gasteiger partial charge on any atom is 0.264 e. The van der Waals surface area contributed by atoms with Gasteiger partial charge in [0, 0.05) is 12.1 Å². The normalized spacial score (nSPS) is 12.3. The van der Waals surface area contributed by atoms with E-state index in [1.165, 1.54) is 24.1 Å². The zero-order valence-corrected chi connectivity index (χ0v) is 27.1. The zero-order chi connectivity index (χ0) is 31.9. The molecule has 0 aliphatic heterocycles. The molecule has 3 rings (SSSR count). The Kier molecular flexibility index (Phi) is 10.9. The standard InChI is InChI=1S/C33H43N3O6S/c1-9-28(32(38)34-33(4,5)6)35(21-25-11-10-12-26(20-25)41-7)31(37)22-36(29-19-24(3)15-18-30(29)42-8)43(39,40)27-16-13-23(2)14-17-27/h10-20,28H,9,21-22H2,1-8H3,(H,34,38). The molecule has 0 fully saturated rings. The molecule has 0 saturated carbocycles. The number of methoxy groups -OCH3 is 2. The van der Waals surface area contributed by atoms with Crippen molar-refractivity contribution in [2.75, 3.05) is 25.1 Å². The number of ether oxygens (including phenoxy) is 2. The van der Waals surface area contributed by atoms with Crippen LogP contribution in [0.5, 0.6) is 11.5 Å². The van der Waals surface area contributed by atoms with E-state index < -0.39 is 34.1 Å². The minimum absolute atomic E-state index is 0.0336. The number of nitrogens with one attached hydrogen (secondary N) is 1. The molecule has 0 radical (unpaired) electrons. The van der Waals surface area contributed by atoms with Crippen LogP contribution < -0.4 is 19.1 Å². The molecule has 0 aliphatic rings. The summed E-state index contributed by atoms with van der Waals surface area (Å²) in [6, 6.07) is 18.0. The summed E-state index contributed by atoms with van der Waals surface area (Å²) in [5.41, 5.74) is 2.11. The second-order valence-corrected chi connectivity index (χ2v) is 13.4. The van der Waals surface area contributed by atoms with Crippen molar-refractivity contribution in [3.63, 3.8) is 0 Å². The fourth-order valence-electron chi connectivity index (χ4n) is 4.69. The number of aryl methyl sites for hydroxylation is 2. The van der Waals surface area contributed by atoms with Crippen LogP contribution in [-0.2, 0) is 26.2 Å². The fraction of sp³-hybridized carbons (Fsp3) is 0.394. The maximum absolute atomic E-state index is 14.3. The van der Waals surface area contributed by atoms with Gasteiger partial charge >= 0.3 is 0 Å². The van der Waals surface area contributed by atoms with E-state index in [4.69, 9.17) is 9.47 Å². The molecule has 43 heavy (non-hydrogen) atoms. The molecular weight excluding hydrogens is 566 g/mol. The Morgan fingerprint density at radius 3 is 2.14 bits per heavy atom. The first kappa shape index (κ1) is 33.5. The molecule has 0 aliphatic carbocycles. The Morgan fingerprint density at radius 1 is 0.907 bits per heavy atom. The van der Waals surface area contributed by atoms with Gasteiger partial charge in [-0.1, -0.05) is 42.8 Å². The summed E-state index contributed by atoms with van der Waals surface area (Å²) in [7, 11) is -1.23. The van der Waals surface area contributed by atoms with Gasteiger partial charge in [0.05, 0.1) is 24.8 Å². The van der Waals surface area contributed by atoms with Crippen molar-refractivity contribution in [3.8, 4) is 11.5 Å². The molecule has 1 N–H and O–H groups in total. The molecule has 0 spiro atoms. The van der Waals surface area contributed by atoms with Gasteiger partial charge in [-0.2, -0.15) is 0 Å². The first-order valence-corrected chi connectivity index (χ1v) is 15.6. The molecule has 2 amide bonds. The van der Waals surface area contributed by atoms with E-state index in [1.54, 1.807) is 55.6 Å². The average Bonchev–Trinajstić information content (AvgIpc) is 2.95. The van der Waals surface area contributed by atoms with Gasteiger partial charge in [0.25, 0.3) is 10.0 Å². The fourth-order valence-corrected chi connectivity index (χ4v) is 6.10. The number of benzene rings is 3. The second-order valence-electron chi connectivity index (χ2n) is 11.5. The number of carbonyl (C=O) groups is 2. The summed E-state index contributed by atoms with van der Waals surface area (Å²) in [4.78, 5) is 29.3. The lowest BCUT2D eigenvalue weighted by Gasteiger charge is -2.35. The highest BCUT2D eigenvalue weighted by Crippen LogP contribution is 2.34. The molecule has 3 aromatic carbocycles. The summed E-state index contributed by atoms with van der Waals surface area (Å²) < 4.78 is 40.4. The molecule has 1 unspecified atom stereocenters. The average molecular weight is 610 g/mol. The number of rotatable bonds is 12. The molecule has 9 nitrogen and oxygen atoms in total. The molecule has 10 heteroatoms. The molecule has 0 bridgehead atoms. The Bertz CT molecular complexity index is 1530. The highest BCUT2D eigenvalue weighted by molar-refractivity contribution is 7.92. The van der Waals surface area contributed by atoms with Crippen molar-refractivity contribution >= 4 is 27.5 Å². The third-order valence-corrected chi connectivity index (χ3v) is 8.64. The number of anilines is 1. The Balaban J connectivity index is 2.15. The van der Waals surface area contributed by atoms with E-state index >= 15 is 0 Å². The SMILES string of the molecule is CCC(C(=O)NC(C)(C)C)N(Cc1cccc(OC)c1)C(=O)CN(c1cc(C)ccc1OC)S(=O)(=O)c1ccc(C)cc1. The van der Waals surface area contributed by atoms with E-state index in [0.29, 0.717) is 17.9 Å². The first-order chi connectivity index (χ1) is 20.2. The van der Waals surface area contributed by atoms with Crippen LogP contribution in [0.2, 0.25) is 0 Å². The van der Waals surface area contributed by atoms with E-state index in [0.717, 1.165) is 21.0 Å². The molecule has 232 valence electrons. The van der Waals surface area contributed by atoms with Crippen LogP contribution in [0.3, 0.4) is 0 Å². The number of carbonyl (C=O) groups excluding carboxylic acids is 2. The number of hydrogen-bond donors (Lipinski definition) is 1. The second kappa shape index (κ2) is 13.9. The molecule has 3 aromatic rings. The van der Waals surface area contributed by atoms with E-state index in [9.17, 15) is 18.0 Å². The molecule has 0 heterocycles. The Labute approximate surface area is 255 Å². The van der Waals surface area contributed by atoms with Gasteiger partial charge in [0.1, 0.15) is 24.1 Å². The first-order valence-electron chi connectivity index (χ1n) is 14.2. The number of amides is 2. The van der Waals surface area contributed by atoms with Gasteiger partial charge in [-0.25, -0.2) is 8.42 Å². The monoisotopic (exact) mass is 609 g/mol. The molecule has 1 atom stereocenters. The molecular formula is C33H43N3O6S. The van der Waals surface area contributed by atoms with Gasteiger partial charge in [0.2, 0.25) is 11.8 Å². The maximum atomic E-state index is 14.3. The Hall–Kier alpha value is -4.05. The van der Waals surface area contributed by atoms with Crippen LogP contribution in [-0.4, -0.2) is 57.5 Å². The summed E-state index contributed by atoms with van der Waals surface area (Å²) in [5, 5.41) is 2.98. The minimum atomic E-state index is -4.23. The van der Waals surface area contributed by atoms with Crippen LogP contribution >= 0.6 is 0 Å². The van der Waals surface area contributed by atoms with Gasteiger partial charge in [0.15, 0.2) is 0 Å². The van der Waals surface area contributed by atoms with E-state index in [1.807, 2.05) is 47.6 Å².